The first kappa shape index (κ1) is 26.3. The molecule has 2 heterocycles. The van der Waals surface area contributed by atoms with Crippen molar-refractivity contribution in [3.05, 3.63) is 40.3 Å². The Morgan fingerprint density at radius 3 is 2.46 bits per heavy atom. The average molecular weight is 485 g/mol. The van der Waals surface area contributed by atoms with Crippen LogP contribution in [-0.4, -0.2) is 82.2 Å². The van der Waals surface area contributed by atoms with Gasteiger partial charge in [0, 0.05) is 50.6 Å². The molecule has 0 spiro atoms. The number of amides is 2. The van der Waals surface area contributed by atoms with Crippen molar-refractivity contribution in [1.29, 1.82) is 0 Å². The number of benzene rings is 1. The Balaban J connectivity index is 1.47. The van der Waals surface area contributed by atoms with Crippen molar-refractivity contribution in [2.75, 3.05) is 39.3 Å². The molecule has 2 amide bonds. The maximum absolute atomic E-state index is 12.6. The molecule has 3 rings (SSSR count). The first-order valence-corrected chi connectivity index (χ1v) is 12.3. The number of carbonyl (C=O) groups is 2. The monoisotopic (exact) mass is 484 g/mol. The standard InChI is InChI=1S/C25H36N6O4/c1-4-5-16-35-20-8-6-19(7-9-20)24-27-25(34)21(28-29-24)10-11-23(33)31-14-12-30(13-15-31)17-22(32)26-18(2)3/h6-9,18H,4-5,10-17H2,1-3H3,(H,26,32)(H,27,29,34). The Bertz CT molecular complexity index is 1030. The van der Waals surface area contributed by atoms with Crippen LogP contribution >= 0.6 is 0 Å². The molecule has 1 saturated heterocycles. The molecule has 35 heavy (non-hydrogen) atoms. The fourth-order valence-corrected chi connectivity index (χ4v) is 3.81. The lowest BCUT2D eigenvalue weighted by Gasteiger charge is -2.34. The molecule has 0 bridgehead atoms. The van der Waals surface area contributed by atoms with E-state index < -0.39 is 0 Å². The predicted octanol–water partition coefficient (Wildman–Crippen LogP) is 1.61. The van der Waals surface area contributed by atoms with Crippen molar-refractivity contribution < 1.29 is 14.3 Å². The average Bonchev–Trinajstić information content (AvgIpc) is 2.83. The minimum Gasteiger partial charge on any atom is -0.494 e. The second kappa shape index (κ2) is 13.0. The highest BCUT2D eigenvalue weighted by Gasteiger charge is 2.23. The molecule has 1 fully saturated rings. The molecule has 0 saturated carbocycles. The van der Waals surface area contributed by atoms with E-state index in [0.29, 0.717) is 45.2 Å². The van der Waals surface area contributed by atoms with Crippen LogP contribution in [0.5, 0.6) is 5.75 Å². The summed E-state index contributed by atoms with van der Waals surface area (Å²) in [6.07, 6.45) is 2.48. The van der Waals surface area contributed by atoms with Gasteiger partial charge in [0.05, 0.1) is 13.2 Å². The van der Waals surface area contributed by atoms with E-state index in [1.165, 1.54) is 0 Å². The van der Waals surface area contributed by atoms with E-state index in [2.05, 4.69) is 27.4 Å². The largest absolute Gasteiger partial charge is 0.494 e. The Labute approximate surface area is 206 Å². The van der Waals surface area contributed by atoms with Crippen LogP contribution in [0, 0.1) is 0 Å². The number of aryl methyl sites for hydroxylation is 1. The van der Waals surface area contributed by atoms with Crippen molar-refractivity contribution in [1.82, 2.24) is 30.3 Å². The molecule has 1 aliphatic rings. The summed E-state index contributed by atoms with van der Waals surface area (Å²) < 4.78 is 5.66. The molecule has 1 aliphatic heterocycles. The molecule has 10 heteroatoms. The minimum atomic E-state index is -0.341. The van der Waals surface area contributed by atoms with Crippen LogP contribution in [0.4, 0.5) is 0 Å². The fraction of sp³-hybridized carbons (Fsp3) is 0.560. The zero-order chi connectivity index (χ0) is 25.2. The zero-order valence-electron chi connectivity index (χ0n) is 20.9. The van der Waals surface area contributed by atoms with Crippen LogP contribution in [0.2, 0.25) is 0 Å². The van der Waals surface area contributed by atoms with E-state index in [0.717, 1.165) is 24.2 Å². The topological polar surface area (TPSA) is 121 Å². The van der Waals surface area contributed by atoms with Crippen LogP contribution in [-0.2, 0) is 16.0 Å². The number of H-pyrrole nitrogens is 1. The molecule has 1 aromatic carbocycles. The van der Waals surface area contributed by atoms with E-state index in [9.17, 15) is 14.4 Å². The fourth-order valence-electron chi connectivity index (χ4n) is 3.81. The molecule has 10 nitrogen and oxygen atoms in total. The van der Waals surface area contributed by atoms with Gasteiger partial charge in [-0.25, -0.2) is 0 Å². The van der Waals surface area contributed by atoms with Gasteiger partial charge >= 0.3 is 0 Å². The summed E-state index contributed by atoms with van der Waals surface area (Å²) in [6, 6.07) is 7.45. The van der Waals surface area contributed by atoms with Crippen LogP contribution in [0.3, 0.4) is 0 Å². The number of ether oxygens (including phenoxy) is 1. The lowest BCUT2D eigenvalue weighted by atomic mass is 10.2. The summed E-state index contributed by atoms with van der Waals surface area (Å²) in [5.74, 6) is 1.12. The number of rotatable bonds is 11. The Hall–Kier alpha value is -3.27. The number of nitrogens with one attached hydrogen (secondary N) is 2. The van der Waals surface area contributed by atoms with Crippen LogP contribution in [0.15, 0.2) is 29.1 Å². The molecule has 0 aliphatic carbocycles. The van der Waals surface area contributed by atoms with Gasteiger partial charge in [0.2, 0.25) is 11.8 Å². The van der Waals surface area contributed by atoms with Gasteiger partial charge < -0.3 is 19.9 Å². The van der Waals surface area contributed by atoms with Crippen molar-refractivity contribution >= 4 is 11.8 Å². The Morgan fingerprint density at radius 2 is 1.83 bits per heavy atom. The van der Waals surface area contributed by atoms with Gasteiger partial charge in [-0.3, -0.25) is 19.3 Å². The number of piperazine rings is 1. The summed E-state index contributed by atoms with van der Waals surface area (Å²) in [4.78, 5) is 43.6. The second-order valence-corrected chi connectivity index (χ2v) is 9.05. The molecule has 0 atom stereocenters. The number of unbranched alkanes of at least 4 members (excludes halogenated alkanes) is 1. The molecule has 1 aromatic heterocycles. The van der Waals surface area contributed by atoms with Gasteiger partial charge in [-0.05, 0) is 44.5 Å². The maximum atomic E-state index is 12.6. The lowest BCUT2D eigenvalue weighted by Crippen LogP contribution is -2.51. The van der Waals surface area contributed by atoms with Gasteiger partial charge in [-0.2, -0.15) is 0 Å². The third-order valence-corrected chi connectivity index (χ3v) is 5.78. The number of aromatic nitrogens is 3. The molecule has 0 unspecified atom stereocenters. The predicted molar refractivity (Wildman–Crippen MR) is 133 cm³/mol. The molecular formula is C25H36N6O4. The van der Waals surface area contributed by atoms with Crippen molar-refractivity contribution in [2.24, 2.45) is 0 Å². The van der Waals surface area contributed by atoms with Crippen molar-refractivity contribution in [3.63, 3.8) is 0 Å². The van der Waals surface area contributed by atoms with Crippen molar-refractivity contribution in [3.8, 4) is 17.1 Å². The molecule has 2 N–H and O–H groups in total. The zero-order valence-corrected chi connectivity index (χ0v) is 20.9. The third-order valence-electron chi connectivity index (χ3n) is 5.78. The van der Waals surface area contributed by atoms with Gasteiger partial charge in [0.15, 0.2) is 5.82 Å². The quantitative estimate of drug-likeness (QED) is 0.465. The number of aromatic amines is 1. The molecule has 0 radical (unpaired) electrons. The van der Waals surface area contributed by atoms with Crippen LogP contribution in [0.25, 0.3) is 11.4 Å². The number of carbonyl (C=O) groups excluding carboxylic acids is 2. The normalized spacial score (nSPS) is 14.2. The van der Waals surface area contributed by atoms with Gasteiger partial charge in [-0.15, -0.1) is 10.2 Å². The van der Waals surface area contributed by atoms with Gasteiger partial charge in [0.1, 0.15) is 11.4 Å². The van der Waals surface area contributed by atoms with Gasteiger partial charge in [-0.1, -0.05) is 13.3 Å². The highest BCUT2D eigenvalue weighted by molar-refractivity contribution is 5.78. The summed E-state index contributed by atoms with van der Waals surface area (Å²) in [6.45, 7) is 9.40. The molecular weight excluding hydrogens is 448 g/mol. The van der Waals surface area contributed by atoms with E-state index in [4.69, 9.17) is 4.74 Å². The summed E-state index contributed by atoms with van der Waals surface area (Å²) >= 11 is 0. The SMILES string of the molecule is CCCCOc1ccc(-c2nnc(CCC(=O)N3CCN(CC(=O)NC(C)C)CC3)c(=O)[nH]2)cc1. The summed E-state index contributed by atoms with van der Waals surface area (Å²) in [7, 11) is 0. The van der Waals surface area contributed by atoms with E-state index in [1.54, 1.807) is 4.90 Å². The minimum absolute atomic E-state index is 0.00252. The lowest BCUT2D eigenvalue weighted by molar-refractivity contribution is -0.133. The van der Waals surface area contributed by atoms with Crippen LogP contribution < -0.4 is 15.6 Å². The van der Waals surface area contributed by atoms with Crippen molar-refractivity contribution in [2.45, 2.75) is 52.5 Å². The third kappa shape index (κ3) is 8.17. The van der Waals surface area contributed by atoms with E-state index >= 15 is 0 Å². The summed E-state index contributed by atoms with van der Waals surface area (Å²) in [5.41, 5.74) is 0.637. The first-order chi connectivity index (χ1) is 16.9. The molecule has 2 aromatic rings. The summed E-state index contributed by atoms with van der Waals surface area (Å²) in [5, 5.41) is 11.1. The Morgan fingerprint density at radius 1 is 1.11 bits per heavy atom. The van der Waals surface area contributed by atoms with Crippen LogP contribution in [0.1, 0.15) is 45.7 Å². The number of hydrogen-bond acceptors (Lipinski definition) is 7. The highest BCUT2D eigenvalue weighted by atomic mass is 16.5. The molecule has 190 valence electrons. The van der Waals surface area contributed by atoms with E-state index in [1.807, 2.05) is 43.0 Å². The highest BCUT2D eigenvalue weighted by Crippen LogP contribution is 2.18. The second-order valence-electron chi connectivity index (χ2n) is 9.05. The van der Waals surface area contributed by atoms with Gasteiger partial charge in [0.25, 0.3) is 5.56 Å². The number of hydrogen-bond donors (Lipinski definition) is 2. The maximum Gasteiger partial charge on any atom is 0.273 e. The Kier molecular flexibility index (Phi) is 9.77. The van der Waals surface area contributed by atoms with E-state index in [-0.39, 0.29) is 42.0 Å². The number of nitrogens with zero attached hydrogens (tertiary/aromatic N) is 4. The smallest absolute Gasteiger partial charge is 0.273 e. The first-order valence-electron chi connectivity index (χ1n) is 12.3.